The van der Waals surface area contributed by atoms with E-state index >= 15 is 0 Å². The quantitative estimate of drug-likeness (QED) is 0.489. The van der Waals surface area contributed by atoms with E-state index in [4.69, 9.17) is 4.74 Å². The van der Waals surface area contributed by atoms with Crippen molar-refractivity contribution >= 4 is 5.97 Å². The van der Waals surface area contributed by atoms with Crippen molar-refractivity contribution < 1.29 is 9.53 Å². The zero-order chi connectivity index (χ0) is 17.8. The number of allylic oxidation sites excluding steroid dienone is 7. The van der Waals surface area contributed by atoms with E-state index in [9.17, 15) is 4.79 Å². The second-order valence-electron chi connectivity index (χ2n) is 8.64. The number of carbonyl (C=O) groups excluding carboxylic acids is 1. The molecule has 0 aromatic carbocycles. The van der Waals surface area contributed by atoms with E-state index in [0.717, 1.165) is 25.7 Å². The normalized spacial score (nSPS) is 39.2. The fraction of sp³-hybridized carbons (Fsp3) is 0.609. The molecule has 0 heterocycles. The molecule has 0 saturated carbocycles. The Kier molecular flexibility index (Phi) is 3.86. The molecule has 4 aliphatic carbocycles. The van der Waals surface area contributed by atoms with E-state index in [1.165, 1.54) is 28.7 Å². The molecule has 0 bridgehead atoms. The second kappa shape index (κ2) is 5.72. The molecule has 0 amide bonds. The first kappa shape index (κ1) is 16.9. The average Bonchev–Trinajstić information content (AvgIpc) is 2.89. The molecule has 4 atom stereocenters. The van der Waals surface area contributed by atoms with Crippen molar-refractivity contribution in [1.29, 1.82) is 0 Å². The SMILES string of the molecule is CCOC(=O)[C@@H]1CC2=CCC=C[C@]2(C)C2=C1C1=CCC(C)[C@@]1(C)CC2. The third-order valence-corrected chi connectivity index (χ3v) is 7.48. The molecule has 0 N–H and O–H groups in total. The molecule has 0 aliphatic heterocycles. The molecule has 4 aliphatic rings. The van der Waals surface area contributed by atoms with Crippen LogP contribution in [0.25, 0.3) is 0 Å². The van der Waals surface area contributed by atoms with Gasteiger partial charge in [0.25, 0.3) is 0 Å². The first-order valence-electron chi connectivity index (χ1n) is 9.90. The summed E-state index contributed by atoms with van der Waals surface area (Å²) in [6, 6.07) is 0. The van der Waals surface area contributed by atoms with Crippen LogP contribution < -0.4 is 0 Å². The maximum atomic E-state index is 12.9. The molecule has 4 rings (SSSR count). The van der Waals surface area contributed by atoms with Crippen LogP contribution in [0.1, 0.15) is 59.8 Å². The van der Waals surface area contributed by atoms with E-state index in [1.54, 1.807) is 0 Å². The molecule has 0 saturated heterocycles. The minimum absolute atomic E-state index is 0.00454. The molecular formula is C23H30O2. The van der Waals surface area contributed by atoms with E-state index in [2.05, 4.69) is 45.1 Å². The van der Waals surface area contributed by atoms with Crippen LogP contribution >= 0.6 is 0 Å². The molecule has 134 valence electrons. The lowest BCUT2D eigenvalue weighted by Gasteiger charge is -2.50. The van der Waals surface area contributed by atoms with Crippen molar-refractivity contribution in [3.63, 3.8) is 0 Å². The van der Waals surface area contributed by atoms with Gasteiger partial charge in [0.2, 0.25) is 0 Å². The Labute approximate surface area is 151 Å². The fourth-order valence-electron chi connectivity index (χ4n) is 5.66. The lowest BCUT2D eigenvalue weighted by atomic mass is 9.54. The summed E-state index contributed by atoms with van der Waals surface area (Å²) in [5.74, 6) is 0.514. The Morgan fingerprint density at radius 2 is 2.12 bits per heavy atom. The monoisotopic (exact) mass is 338 g/mol. The summed E-state index contributed by atoms with van der Waals surface area (Å²) in [6.07, 6.45) is 14.7. The summed E-state index contributed by atoms with van der Waals surface area (Å²) < 4.78 is 5.51. The minimum atomic E-state index is -0.114. The van der Waals surface area contributed by atoms with Crippen molar-refractivity contribution in [2.75, 3.05) is 6.61 Å². The van der Waals surface area contributed by atoms with Gasteiger partial charge in [-0.1, -0.05) is 49.3 Å². The zero-order valence-corrected chi connectivity index (χ0v) is 16.0. The molecule has 0 spiro atoms. The molecule has 1 unspecified atom stereocenters. The van der Waals surface area contributed by atoms with Gasteiger partial charge in [0.05, 0.1) is 12.5 Å². The minimum Gasteiger partial charge on any atom is -0.466 e. The molecule has 2 heteroatoms. The molecule has 0 radical (unpaired) electrons. The smallest absolute Gasteiger partial charge is 0.313 e. The van der Waals surface area contributed by atoms with Gasteiger partial charge in [-0.2, -0.15) is 0 Å². The topological polar surface area (TPSA) is 26.3 Å². The van der Waals surface area contributed by atoms with Crippen LogP contribution in [0.5, 0.6) is 0 Å². The number of fused-ring (bicyclic) bond motifs is 4. The van der Waals surface area contributed by atoms with Gasteiger partial charge in [-0.15, -0.1) is 0 Å². The summed E-state index contributed by atoms with van der Waals surface area (Å²) in [7, 11) is 0. The van der Waals surface area contributed by atoms with Crippen LogP contribution in [-0.4, -0.2) is 12.6 Å². The highest BCUT2D eigenvalue weighted by Crippen LogP contribution is 2.62. The number of hydrogen-bond acceptors (Lipinski definition) is 2. The lowest BCUT2D eigenvalue weighted by molar-refractivity contribution is -0.146. The van der Waals surface area contributed by atoms with Crippen LogP contribution in [0.4, 0.5) is 0 Å². The van der Waals surface area contributed by atoms with Crippen molar-refractivity contribution in [1.82, 2.24) is 0 Å². The van der Waals surface area contributed by atoms with Gasteiger partial charge in [-0.05, 0) is 68.4 Å². The standard InChI is InChI=1S/C23H30O2/c1-5-25-21(24)17-14-16-8-6-7-12-23(16,4)19-11-13-22(3)15(2)9-10-18(22)20(17)19/h7-8,10,12,15,17H,5-6,9,11,13-14H2,1-4H3/t15?,17-,22-,23+/m1/s1. The Morgan fingerprint density at radius 1 is 1.32 bits per heavy atom. The van der Waals surface area contributed by atoms with Gasteiger partial charge in [0, 0.05) is 5.41 Å². The van der Waals surface area contributed by atoms with Gasteiger partial charge >= 0.3 is 5.97 Å². The van der Waals surface area contributed by atoms with E-state index in [1.807, 2.05) is 6.92 Å². The largest absolute Gasteiger partial charge is 0.466 e. The first-order valence-corrected chi connectivity index (χ1v) is 9.90. The summed E-state index contributed by atoms with van der Waals surface area (Å²) in [5.41, 5.74) is 5.92. The maximum Gasteiger partial charge on any atom is 0.313 e. The highest BCUT2D eigenvalue weighted by atomic mass is 16.5. The van der Waals surface area contributed by atoms with E-state index in [-0.39, 0.29) is 22.7 Å². The molecule has 0 aromatic heterocycles. The number of rotatable bonds is 2. The average molecular weight is 338 g/mol. The summed E-state index contributed by atoms with van der Waals surface area (Å²) in [4.78, 5) is 12.9. The number of carbonyl (C=O) groups is 1. The summed E-state index contributed by atoms with van der Waals surface area (Å²) >= 11 is 0. The van der Waals surface area contributed by atoms with E-state index in [0.29, 0.717) is 12.5 Å². The fourth-order valence-corrected chi connectivity index (χ4v) is 5.66. The molecular weight excluding hydrogens is 308 g/mol. The highest BCUT2D eigenvalue weighted by Gasteiger charge is 2.52. The number of hydrogen-bond donors (Lipinski definition) is 0. The van der Waals surface area contributed by atoms with Crippen molar-refractivity contribution in [2.24, 2.45) is 22.7 Å². The molecule has 0 aromatic rings. The van der Waals surface area contributed by atoms with Crippen molar-refractivity contribution in [2.45, 2.75) is 59.8 Å². The van der Waals surface area contributed by atoms with Gasteiger partial charge in [-0.25, -0.2) is 0 Å². The first-order chi connectivity index (χ1) is 11.9. The number of esters is 1. The Hall–Kier alpha value is -1.57. The Bertz CT molecular complexity index is 735. The molecule has 0 fully saturated rings. The highest BCUT2D eigenvalue weighted by molar-refractivity contribution is 5.80. The van der Waals surface area contributed by atoms with Crippen LogP contribution in [0.15, 0.2) is 46.6 Å². The predicted octanol–water partition coefficient (Wildman–Crippen LogP) is 5.52. The summed E-state index contributed by atoms with van der Waals surface area (Å²) in [5, 5.41) is 0. The van der Waals surface area contributed by atoms with Crippen LogP contribution in [0.3, 0.4) is 0 Å². The van der Waals surface area contributed by atoms with Crippen molar-refractivity contribution in [3.8, 4) is 0 Å². The van der Waals surface area contributed by atoms with Gasteiger partial charge in [0.15, 0.2) is 0 Å². The van der Waals surface area contributed by atoms with Crippen molar-refractivity contribution in [3.05, 3.63) is 46.6 Å². The Morgan fingerprint density at radius 3 is 2.88 bits per heavy atom. The van der Waals surface area contributed by atoms with E-state index < -0.39 is 0 Å². The van der Waals surface area contributed by atoms with Gasteiger partial charge in [0.1, 0.15) is 0 Å². The predicted molar refractivity (Wildman–Crippen MR) is 101 cm³/mol. The van der Waals surface area contributed by atoms with Crippen LogP contribution in [0.2, 0.25) is 0 Å². The summed E-state index contributed by atoms with van der Waals surface area (Å²) in [6.45, 7) is 9.50. The van der Waals surface area contributed by atoms with Crippen LogP contribution in [-0.2, 0) is 9.53 Å². The third-order valence-electron chi connectivity index (χ3n) is 7.48. The molecule has 25 heavy (non-hydrogen) atoms. The second-order valence-corrected chi connectivity index (χ2v) is 8.64. The maximum absolute atomic E-state index is 12.9. The van der Waals surface area contributed by atoms with Gasteiger partial charge in [-0.3, -0.25) is 4.79 Å². The zero-order valence-electron chi connectivity index (χ0n) is 16.0. The molecule has 2 nitrogen and oxygen atoms in total. The van der Waals surface area contributed by atoms with Gasteiger partial charge < -0.3 is 4.74 Å². The lowest BCUT2D eigenvalue weighted by Crippen LogP contribution is -2.40. The number of ether oxygens (including phenoxy) is 1. The third kappa shape index (κ3) is 2.26. The Balaban J connectivity index is 1.90. The van der Waals surface area contributed by atoms with Crippen LogP contribution in [0, 0.1) is 22.7 Å².